The minimum absolute atomic E-state index is 0.119. The first-order valence-electron chi connectivity index (χ1n) is 12.9. The molecule has 1 spiro atoms. The highest BCUT2D eigenvalue weighted by atomic mass is 16.6. The number of benzene rings is 3. The van der Waals surface area contributed by atoms with Gasteiger partial charge in [-0.25, -0.2) is 0 Å². The van der Waals surface area contributed by atoms with E-state index in [4.69, 9.17) is 4.74 Å². The third-order valence-corrected chi connectivity index (χ3v) is 7.47. The number of nitro benzene ring substituents is 1. The zero-order valence-corrected chi connectivity index (χ0v) is 22.0. The Morgan fingerprint density at radius 3 is 2.35 bits per heavy atom. The van der Waals surface area contributed by atoms with Crippen LogP contribution in [0.15, 0.2) is 78.9 Å². The molecule has 3 aromatic carbocycles. The number of amides is 3. The van der Waals surface area contributed by atoms with Gasteiger partial charge < -0.3 is 24.8 Å². The van der Waals surface area contributed by atoms with Crippen LogP contribution in [-0.4, -0.2) is 71.4 Å². The summed E-state index contributed by atoms with van der Waals surface area (Å²) in [6.07, 6.45) is 0.718. The third kappa shape index (κ3) is 5.18. The predicted molar refractivity (Wildman–Crippen MR) is 148 cm³/mol. The van der Waals surface area contributed by atoms with Gasteiger partial charge in [-0.15, -0.1) is 0 Å². The maximum atomic E-state index is 13.9. The smallest absolute Gasteiger partial charge is 0.270 e. The van der Waals surface area contributed by atoms with Crippen LogP contribution in [0.1, 0.15) is 23.2 Å². The third-order valence-electron chi connectivity index (χ3n) is 7.47. The molecule has 11 nitrogen and oxygen atoms in total. The van der Waals surface area contributed by atoms with Gasteiger partial charge in [0.05, 0.1) is 18.7 Å². The highest BCUT2D eigenvalue weighted by Gasteiger charge is 2.54. The van der Waals surface area contributed by atoms with Gasteiger partial charge in [-0.3, -0.25) is 24.5 Å². The van der Waals surface area contributed by atoms with Gasteiger partial charge in [-0.05, 0) is 55.3 Å². The van der Waals surface area contributed by atoms with Gasteiger partial charge in [-0.1, -0.05) is 24.3 Å². The van der Waals surface area contributed by atoms with E-state index < -0.39 is 10.5 Å². The summed E-state index contributed by atoms with van der Waals surface area (Å²) in [6, 6.07) is 22.1. The molecular weight excluding hydrogens is 514 g/mol. The fourth-order valence-corrected chi connectivity index (χ4v) is 5.39. The van der Waals surface area contributed by atoms with Crippen molar-refractivity contribution in [3.05, 3.63) is 94.5 Å². The molecule has 0 saturated carbocycles. The molecule has 0 atom stereocenters. The first kappa shape index (κ1) is 26.7. The summed E-state index contributed by atoms with van der Waals surface area (Å²) in [5.41, 5.74) is 0.623. The Morgan fingerprint density at radius 2 is 1.70 bits per heavy atom. The predicted octanol–water partition coefficient (Wildman–Crippen LogP) is 3.52. The van der Waals surface area contributed by atoms with Crippen molar-refractivity contribution in [1.82, 2.24) is 9.80 Å². The molecule has 2 heterocycles. The van der Waals surface area contributed by atoms with Crippen molar-refractivity contribution in [2.45, 2.75) is 18.4 Å². The summed E-state index contributed by atoms with van der Waals surface area (Å²) < 4.78 is 5.15. The van der Waals surface area contributed by atoms with Gasteiger partial charge in [0.2, 0.25) is 5.91 Å². The van der Waals surface area contributed by atoms with Gasteiger partial charge in [0.1, 0.15) is 17.8 Å². The zero-order chi connectivity index (χ0) is 28.3. The van der Waals surface area contributed by atoms with Crippen molar-refractivity contribution in [1.29, 1.82) is 0 Å². The van der Waals surface area contributed by atoms with Crippen LogP contribution in [0.25, 0.3) is 0 Å². The van der Waals surface area contributed by atoms with Crippen LogP contribution in [0.4, 0.5) is 17.1 Å². The second kappa shape index (κ2) is 11.0. The van der Waals surface area contributed by atoms with Crippen molar-refractivity contribution < 1.29 is 24.0 Å². The van der Waals surface area contributed by atoms with E-state index in [1.165, 1.54) is 18.2 Å². The summed E-state index contributed by atoms with van der Waals surface area (Å²) in [4.78, 5) is 55.8. The molecule has 5 rings (SSSR count). The van der Waals surface area contributed by atoms with E-state index in [9.17, 15) is 24.5 Å². The summed E-state index contributed by atoms with van der Waals surface area (Å²) >= 11 is 0. The quantitative estimate of drug-likeness (QED) is 0.357. The van der Waals surface area contributed by atoms with Crippen LogP contribution in [-0.2, 0) is 9.59 Å². The first-order chi connectivity index (χ1) is 19.3. The molecule has 3 aromatic rings. The van der Waals surface area contributed by atoms with Crippen molar-refractivity contribution in [2.24, 2.45) is 0 Å². The molecule has 1 N–H and O–H groups in total. The number of non-ortho nitro benzene ring substituents is 1. The van der Waals surface area contributed by atoms with E-state index in [0.29, 0.717) is 37.4 Å². The largest absolute Gasteiger partial charge is 0.497 e. The normalized spacial score (nSPS) is 16.2. The van der Waals surface area contributed by atoms with E-state index in [0.717, 1.165) is 5.69 Å². The van der Waals surface area contributed by atoms with Crippen LogP contribution in [0.3, 0.4) is 0 Å². The van der Waals surface area contributed by atoms with E-state index >= 15 is 0 Å². The molecular formula is C29H29N5O6. The lowest BCUT2D eigenvalue weighted by molar-refractivity contribution is -0.384. The van der Waals surface area contributed by atoms with Crippen molar-refractivity contribution in [3.8, 4) is 5.75 Å². The molecule has 0 bridgehead atoms. The Balaban J connectivity index is 1.32. The van der Waals surface area contributed by atoms with Crippen molar-refractivity contribution >= 4 is 34.8 Å². The lowest BCUT2D eigenvalue weighted by atomic mass is 9.85. The van der Waals surface area contributed by atoms with Gasteiger partial charge in [-0.2, -0.15) is 0 Å². The van der Waals surface area contributed by atoms with Crippen LogP contribution in [0, 0.1) is 10.1 Å². The minimum Gasteiger partial charge on any atom is -0.497 e. The van der Waals surface area contributed by atoms with Crippen LogP contribution in [0.2, 0.25) is 0 Å². The topological polar surface area (TPSA) is 125 Å². The molecule has 0 radical (unpaired) electrons. The number of carbonyl (C=O) groups excluding carboxylic acids is 3. The SMILES string of the molecule is COc1ccc(NC(=O)CN2CN(c3ccccc3)C3(CCN(C(=O)c4cccc([N+](=O)[O-])c4)CC3)C2=O)cc1. The van der Waals surface area contributed by atoms with E-state index in [1.54, 1.807) is 47.2 Å². The number of nitrogens with zero attached hydrogens (tertiary/aromatic N) is 4. The maximum Gasteiger partial charge on any atom is 0.270 e. The van der Waals surface area contributed by atoms with Gasteiger partial charge >= 0.3 is 0 Å². The van der Waals surface area contributed by atoms with Crippen LogP contribution < -0.4 is 15.0 Å². The molecule has 0 aromatic heterocycles. The molecule has 2 fully saturated rings. The molecule has 206 valence electrons. The van der Waals surface area contributed by atoms with Gasteiger partial charge in [0, 0.05) is 42.2 Å². The Hall–Kier alpha value is -4.93. The van der Waals surface area contributed by atoms with Gasteiger partial charge in [0.25, 0.3) is 17.5 Å². The van der Waals surface area contributed by atoms with E-state index in [2.05, 4.69) is 5.32 Å². The fourth-order valence-electron chi connectivity index (χ4n) is 5.39. The number of nitrogens with one attached hydrogen (secondary N) is 1. The average molecular weight is 544 g/mol. The fraction of sp³-hybridized carbons (Fsp3) is 0.276. The second-order valence-electron chi connectivity index (χ2n) is 9.82. The highest BCUT2D eigenvalue weighted by molar-refractivity contribution is 6.00. The molecule has 2 aliphatic heterocycles. The number of para-hydroxylation sites is 1. The van der Waals surface area contributed by atoms with Crippen molar-refractivity contribution in [3.63, 3.8) is 0 Å². The number of piperidine rings is 1. The van der Waals surface area contributed by atoms with E-state index in [1.807, 2.05) is 35.2 Å². The first-order valence-corrected chi connectivity index (χ1v) is 12.9. The van der Waals surface area contributed by atoms with Crippen LogP contribution >= 0.6 is 0 Å². The summed E-state index contributed by atoms with van der Waals surface area (Å²) in [5.74, 6) is -0.125. The lowest BCUT2D eigenvalue weighted by Gasteiger charge is -2.43. The minimum atomic E-state index is -0.915. The number of hydrogen-bond donors (Lipinski definition) is 1. The Labute approximate surface area is 231 Å². The molecule has 40 heavy (non-hydrogen) atoms. The summed E-state index contributed by atoms with van der Waals surface area (Å²) in [6.45, 7) is 0.703. The number of nitro groups is 1. The summed E-state index contributed by atoms with van der Waals surface area (Å²) in [5, 5.41) is 14.0. The molecule has 0 unspecified atom stereocenters. The maximum absolute atomic E-state index is 13.9. The number of carbonyl (C=O) groups is 3. The number of ether oxygens (including phenoxy) is 1. The van der Waals surface area contributed by atoms with Crippen LogP contribution in [0.5, 0.6) is 5.75 Å². The molecule has 3 amide bonds. The zero-order valence-electron chi connectivity index (χ0n) is 22.0. The summed E-state index contributed by atoms with van der Waals surface area (Å²) in [7, 11) is 1.56. The highest BCUT2D eigenvalue weighted by Crippen LogP contribution is 2.39. The number of rotatable bonds is 7. The monoisotopic (exact) mass is 543 g/mol. The number of methoxy groups -OCH3 is 1. The average Bonchev–Trinajstić information content (AvgIpc) is 3.24. The molecule has 2 aliphatic rings. The lowest BCUT2D eigenvalue weighted by Crippen LogP contribution is -2.57. The number of likely N-dealkylation sites (tertiary alicyclic amines) is 1. The Bertz CT molecular complexity index is 1420. The van der Waals surface area contributed by atoms with Gasteiger partial charge in [0.15, 0.2) is 0 Å². The Kier molecular flexibility index (Phi) is 7.37. The van der Waals surface area contributed by atoms with Crippen molar-refractivity contribution in [2.75, 3.05) is 43.6 Å². The Morgan fingerprint density at radius 1 is 1.00 bits per heavy atom. The molecule has 2 saturated heterocycles. The second-order valence-corrected chi connectivity index (χ2v) is 9.82. The van der Waals surface area contributed by atoms with E-state index in [-0.39, 0.29) is 42.2 Å². The standard InChI is InChI=1S/C29H29N5O6/c1-40-25-12-10-22(11-13-25)30-26(35)19-32-20-33(23-7-3-2-4-8-23)29(28(32)37)14-16-31(17-15-29)27(36)21-6-5-9-24(18-21)34(38)39/h2-13,18H,14-17,19-20H2,1H3,(H,30,35). The molecule has 0 aliphatic carbocycles. The number of anilines is 2. The molecule has 11 heteroatoms. The number of hydrogen-bond acceptors (Lipinski definition) is 7.